The lowest BCUT2D eigenvalue weighted by Gasteiger charge is -2.07. The van der Waals surface area contributed by atoms with E-state index in [1.165, 1.54) is 32.1 Å². The summed E-state index contributed by atoms with van der Waals surface area (Å²) < 4.78 is 0. The van der Waals surface area contributed by atoms with Gasteiger partial charge in [0.05, 0.1) is 0 Å². The standard InChI is InChI=1S/C11H22/c1-4-6-7-8-10-11(3)9-5-2/h4,6,11H,5,7-10H2,1-3H3/b6-4-. The molecule has 0 saturated heterocycles. The lowest BCUT2D eigenvalue weighted by Crippen LogP contribution is -1.92. The minimum Gasteiger partial charge on any atom is -0.0917 e. The molecular weight excluding hydrogens is 132 g/mol. The average molecular weight is 154 g/mol. The lowest BCUT2D eigenvalue weighted by atomic mass is 9.99. The summed E-state index contributed by atoms with van der Waals surface area (Å²) in [5, 5.41) is 0. The summed E-state index contributed by atoms with van der Waals surface area (Å²) in [5.74, 6) is 0.935. The highest BCUT2D eigenvalue weighted by molar-refractivity contribution is 4.76. The minimum absolute atomic E-state index is 0.935. The van der Waals surface area contributed by atoms with Crippen LogP contribution in [0, 0.1) is 5.92 Å². The van der Waals surface area contributed by atoms with Gasteiger partial charge in [-0.25, -0.2) is 0 Å². The van der Waals surface area contributed by atoms with Crippen molar-refractivity contribution in [3.63, 3.8) is 0 Å². The van der Waals surface area contributed by atoms with Crippen LogP contribution in [0.5, 0.6) is 0 Å². The first-order chi connectivity index (χ1) is 5.31. The number of allylic oxidation sites excluding steroid dienone is 2. The molecule has 0 aromatic rings. The maximum absolute atomic E-state index is 2.36. The Hall–Kier alpha value is -0.260. The topological polar surface area (TPSA) is 0 Å². The molecule has 66 valence electrons. The Bertz CT molecular complexity index is 92.2. The number of unbranched alkanes of at least 4 members (excludes halogenated alkanes) is 1. The Morgan fingerprint density at radius 1 is 1.27 bits per heavy atom. The van der Waals surface area contributed by atoms with Gasteiger partial charge in [0, 0.05) is 0 Å². The third-order valence-corrected chi connectivity index (χ3v) is 2.08. The van der Waals surface area contributed by atoms with Crippen LogP contribution in [-0.2, 0) is 0 Å². The maximum Gasteiger partial charge on any atom is -0.0351 e. The highest BCUT2D eigenvalue weighted by atomic mass is 14.0. The molecule has 0 spiro atoms. The van der Waals surface area contributed by atoms with Crippen LogP contribution in [0.25, 0.3) is 0 Å². The van der Waals surface area contributed by atoms with Gasteiger partial charge in [-0.15, -0.1) is 0 Å². The molecule has 0 radical (unpaired) electrons. The minimum atomic E-state index is 0.935. The van der Waals surface area contributed by atoms with Crippen LogP contribution in [0.1, 0.15) is 52.9 Å². The molecule has 1 atom stereocenters. The number of rotatable bonds is 6. The zero-order valence-corrected chi connectivity index (χ0v) is 8.27. The van der Waals surface area contributed by atoms with E-state index in [2.05, 4.69) is 32.9 Å². The Morgan fingerprint density at radius 2 is 2.00 bits per heavy atom. The van der Waals surface area contributed by atoms with E-state index in [0.29, 0.717) is 0 Å². The van der Waals surface area contributed by atoms with Gasteiger partial charge in [-0.1, -0.05) is 45.3 Å². The van der Waals surface area contributed by atoms with E-state index >= 15 is 0 Å². The fourth-order valence-electron chi connectivity index (χ4n) is 1.39. The van der Waals surface area contributed by atoms with Crippen molar-refractivity contribution in [2.45, 2.75) is 52.9 Å². The van der Waals surface area contributed by atoms with Crippen LogP contribution in [0.4, 0.5) is 0 Å². The Labute approximate surface area is 71.7 Å². The predicted octanol–water partition coefficient (Wildman–Crippen LogP) is 4.17. The molecule has 0 aliphatic heterocycles. The van der Waals surface area contributed by atoms with Crippen molar-refractivity contribution in [1.82, 2.24) is 0 Å². The van der Waals surface area contributed by atoms with Gasteiger partial charge < -0.3 is 0 Å². The molecule has 0 nitrogen and oxygen atoms in total. The van der Waals surface area contributed by atoms with E-state index in [1.54, 1.807) is 0 Å². The van der Waals surface area contributed by atoms with E-state index in [4.69, 9.17) is 0 Å². The summed E-state index contributed by atoms with van der Waals surface area (Å²) >= 11 is 0. The molecule has 0 heterocycles. The van der Waals surface area contributed by atoms with Gasteiger partial charge in [0.1, 0.15) is 0 Å². The van der Waals surface area contributed by atoms with Crippen molar-refractivity contribution in [2.24, 2.45) is 5.92 Å². The highest BCUT2D eigenvalue weighted by Crippen LogP contribution is 2.13. The zero-order valence-electron chi connectivity index (χ0n) is 8.27. The second-order valence-electron chi connectivity index (χ2n) is 3.39. The first kappa shape index (κ1) is 10.7. The monoisotopic (exact) mass is 154 g/mol. The third-order valence-electron chi connectivity index (χ3n) is 2.08. The zero-order chi connectivity index (χ0) is 8.53. The molecule has 0 heteroatoms. The summed E-state index contributed by atoms with van der Waals surface area (Å²) in [6.45, 7) is 6.72. The fraction of sp³-hybridized carbons (Fsp3) is 0.818. The molecule has 0 bridgehead atoms. The van der Waals surface area contributed by atoms with Crippen molar-refractivity contribution in [3.05, 3.63) is 12.2 Å². The lowest BCUT2D eigenvalue weighted by molar-refractivity contribution is 0.471. The van der Waals surface area contributed by atoms with E-state index in [-0.39, 0.29) is 0 Å². The summed E-state index contributed by atoms with van der Waals surface area (Å²) in [6, 6.07) is 0. The van der Waals surface area contributed by atoms with E-state index in [1.807, 2.05) is 0 Å². The summed E-state index contributed by atoms with van der Waals surface area (Å²) in [4.78, 5) is 0. The maximum atomic E-state index is 2.36. The molecular formula is C11H22. The molecule has 0 aliphatic rings. The summed E-state index contributed by atoms with van der Waals surface area (Å²) in [7, 11) is 0. The average Bonchev–Trinajstić information content (AvgIpc) is 1.99. The van der Waals surface area contributed by atoms with Gasteiger partial charge in [0.25, 0.3) is 0 Å². The van der Waals surface area contributed by atoms with Crippen molar-refractivity contribution in [2.75, 3.05) is 0 Å². The van der Waals surface area contributed by atoms with E-state index in [9.17, 15) is 0 Å². The van der Waals surface area contributed by atoms with Crippen LogP contribution in [0.15, 0.2) is 12.2 Å². The SMILES string of the molecule is C/C=C\CCCC(C)CCC. The first-order valence-electron chi connectivity index (χ1n) is 4.92. The third kappa shape index (κ3) is 7.64. The molecule has 11 heavy (non-hydrogen) atoms. The second kappa shape index (κ2) is 7.84. The van der Waals surface area contributed by atoms with Crippen LogP contribution in [0.2, 0.25) is 0 Å². The van der Waals surface area contributed by atoms with Crippen LogP contribution in [0.3, 0.4) is 0 Å². The van der Waals surface area contributed by atoms with Crippen LogP contribution >= 0.6 is 0 Å². The number of hydrogen-bond donors (Lipinski definition) is 0. The van der Waals surface area contributed by atoms with Crippen molar-refractivity contribution >= 4 is 0 Å². The van der Waals surface area contributed by atoms with Crippen molar-refractivity contribution < 1.29 is 0 Å². The summed E-state index contributed by atoms with van der Waals surface area (Å²) in [5.41, 5.74) is 0. The van der Waals surface area contributed by atoms with Gasteiger partial charge in [-0.05, 0) is 25.7 Å². The summed E-state index contributed by atoms with van der Waals surface area (Å²) in [6.07, 6.45) is 11.2. The largest absolute Gasteiger partial charge is 0.0917 e. The van der Waals surface area contributed by atoms with Crippen molar-refractivity contribution in [1.29, 1.82) is 0 Å². The smallest absolute Gasteiger partial charge is 0.0351 e. The van der Waals surface area contributed by atoms with Gasteiger partial charge in [0.15, 0.2) is 0 Å². The van der Waals surface area contributed by atoms with E-state index in [0.717, 1.165) is 5.92 Å². The van der Waals surface area contributed by atoms with Crippen molar-refractivity contribution in [3.8, 4) is 0 Å². The molecule has 0 aromatic heterocycles. The van der Waals surface area contributed by atoms with Gasteiger partial charge >= 0.3 is 0 Å². The Kier molecular flexibility index (Phi) is 7.66. The van der Waals surface area contributed by atoms with Gasteiger partial charge in [-0.2, -0.15) is 0 Å². The van der Waals surface area contributed by atoms with Gasteiger partial charge in [0.2, 0.25) is 0 Å². The molecule has 0 fully saturated rings. The van der Waals surface area contributed by atoms with E-state index < -0.39 is 0 Å². The number of hydrogen-bond acceptors (Lipinski definition) is 0. The second-order valence-corrected chi connectivity index (χ2v) is 3.39. The normalized spacial score (nSPS) is 14.1. The predicted molar refractivity (Wildman–Crippen MR) is 52.7 cm³/mol. The molecule has 0 aromatic carbocycles. The fourth-order valence-corrected chi connectivity index (χ4v) is 1.39. The molecule has 0 N–H and O–H groups in total. The van der Waals surface area contributed by atoms with Crippen LogP contribution in [-0.4, -0.2) is 0 Å². The van der Waals surface area contributed by atoms with Gasteiger partial charge in [-0.3, -0.25) is 0 Å². The Morgan fingerprint density at radius 3 is 2.55 bits per heavy atom. The Balaban J connectivity index is 3.10. The molecule has 0 amide bonds. The van der Waals surface area contributed by atoms with Crippen LogP contribution < -0.4 is 0 Å². The highest BCUT2D eigenvalue weighted by Gasteiger charge is 1.97. The molecule has 0 rings (SSSR count). The molecule has 0 aliphatic carbocycles. The molecule has 0 saturated carbocycles. The quantitative estimate of drug-likeness (QED) is 0.398. The molecule has 1 unspecified atom stereocenters. The first-order valence-corrected chi connectivity index (χ1v) is 4.92.